The van der Waals surface area contributed by atoms with Gasteiger partial charge < -0.3 is 10.9 Å². The number of carbonyl (C=O) groups excluding carboxylic acids is 1. The average Bonchev–Trinajstić information content (AvgIpc) is 2.34. The zero-order valence-electron chi connectivity index (χ0n) is 9.74. The minimum atomic E-state index is -0.136. The van der Waals surface area contributed by atoms with Crippen LogP contribution in [0.5, 0.6) is 0 Å². The summed E-state index contributed by atoms with van der Waals surface area (Å²) in [6.45, 7) is 1.68. The second-order valence-corrected chi connectivity index (χ2v) is 3.78. The minimum Gasteiger partial charge on any atom is -0.427 e. The molecule has 3 N–H and O–H groups in total. The molecule has 0 saturated carbocycles. The number of hydrogen-bond acceptors (Lipinski definition) is 5. The Morgan fingerprint density at radius 2 is 2.06 bits per heavy atom. The molecule has 0 atom stereocenters. The number of aromatic nitrogens is 1. The van der Waals surface area contributed by atoms with Crippen LogP contribution in [0.15, 0.2) is 58.0 Å². The molecule has 1 heterocycles. The molecule has 0 radical (unpaired) electrons. The van der Waals surface area contributed by atoms with Crippen LogP contribution in [0.1, 0.15) is 6.92 Å². The van der Waals surface area contributed by atoms with Crippen LogP contribution in [0.2, 0.25) is 0 Å². The molecule has 0 aromatic carbocycles. The highest BCUT2D eigenvalue weighted by atomic mass is 16.5. The first-order valence-corrected chi connectivity index (χ1v) is 5.27. The maximum atomic E-state index is 11.3. The summed E-state index contributed by atoms with van der Waals surface area (Å²) in [7, 11) is 0. The van der Waals surface area contributed by atoms with Crippen LogP contribution in [-0.2, 0) is 4.79 Å². The number of pyridine rings is 1. The first-order chi connectivity index (χ1) is 8.58. The normalized spacial score (nSPS) is 18.8. The lowest BCUT2D eigenvalue weighted by molar-refractivity contribution is -0.111. The minimum absolute atomic E-state index is 0.136. The Hall–Kier alpha value is -2.63. The van der Waals surface area contributed by atoms with E-state index >= 15 is 0 Å². The zero-order valence-corrected chi connectivity index (χ0v) is 9.74. The predicted molar refractivity (Wildman–Crippen MR) is 65.6 cm³/mol. The van der Waals surface area contributed by atoms with Gasteiger partial charge in [-0.2, -0.15) is 4.73 Å². The lowest BCUT2D eigenvalue weighted by Crippen LogP contribution is -2.19. The van der Waals surface area contributed by atoms with Crippen LogP contribution in [0.4, 0.5) is 0 Å². The number of nitrogens with two attached hydrogens (primary N) is 1. The van der Waals surface area contributed by atoms with E-state index in [1.54, 1.807) is 31.2 Å². The van der Waals surface area contributed by atoms with Crippen molar-refractivity contribution in [3.63, 3.8) is 0 Å². The van der Waals surface area contributed by atoms with E-state index in [9.17, 15) is 10.0 Å². The smallest absolute Gasteiger partial charge is 0.189 e. The van der Waals surface area contributed by atoms with E-state index in [-0.39, 0.29) is 17.0 Å². The number of nitrogens with zero attached hydrogens (tertiary/aromatic N) is 3. The fourth-order valence-electron chi connectivity index (χ4n) is 1.38. The molecule has 0 unspecified atom stereocenters. The van der Waals surface area contributed by atoms with Gasteiger partial charge in [0.05, 0.1) is 5.70 Å². The maximum absolute atomic E-state index is 11.3. The summed E-state index contributed by atoms with van der Waals surface area (Å²) in [6.07, 6.45) is 4.30. The van der Waals surface area contributed by atoms with Gasteiger partial charge in [-0.15, -0.1) is 10.2 Å². The van der Waals surface area contributed by atoms with E-state index in [0.29, 0.717) is 11.3 Å². The van der Waals surface area contributed by atoms with Gasteiger partial charge in [0.2, 0.25) is 0 Å². The molecule has 18 heavy (non-hydrogen) atoms. The number of ketones is 1. The largest absolute Gasteiger partial charge is 0.427 e. The highest BCUT2D eigenvalue weighted by Crippen LogP contribution is 2.08. The van der Waals surface area contributed by atoms with Gasteiger partial charge in [0.25, 0.3) is 0 Å². The first kappa shape index (κ1) is 11.8. The SMILES string of the molecule is CC1=CC(=NN=c2ccccn2O)C(N)=CC1=O. The molecule has 0 bridgehead atoms. The second-order valence-electron chi connectivity index (χ2n) is 3.78. The molecule has 1 aliphatic rings. The molecule has 0 fully saturated rings. The summed E-state index contributed by atoms with van der Waals surface area (Å²) in [6, 6.07) is 4.97. The van der Waals surface area contributed by atoms with E-state index < -0.39 is 0 Å². The summed E-state index contributed by atoms with van der Waals surface area (Å²) >= 11 is 0. The molecule has 2 rings (SSSR count). The number of allylic oxidation sites excluding steroid dienone is 3. The Kier molecular flexibility index (Phi) is 3.09. The molecule has 92 valence electrons. The van der Waals surface area contributed by atoms with Crippen molar-refractivity contribution in [1.82, 2.24) is 4.73 Å². The van der Waals surface area contributed by atoms with Crippen molar-refractivity contribution in [3.8, 4) is 0 Å². The second kappa shape index (κ2) is 4.70. The van der Waals surface area contributed by atoms with Crippen molar-refractivity contribution in [2.45, 2.75) is 6.92 Å². The van der Waals surface area contributed by atoms with Crippen molar-refractivity contribution in [3.05, 3.63) is 53.3 Å². The molecule has 0 amide bonds. The van der Waals surface area contributed by atoms with Gasteiger partial charge in [-0.25, -0.2) is 0 Å². The zero-order chi connectivity index (χ0) is 13.1. The quantitative estimate of drug-likeness (QED) is 0.424. The molecule has 6 heteroatoms. The van der Waals surface area contributed by atoms with Gasteiger partial charge in [-0.05, 0) is 30.7 Å². The third kappa shape index (κ3) is 2.37. The fraction of sp³-hybridized carbons (Fsp3) is 0.0833. The molecular formula is C12H12N4O2. The molecule has 0 aliphatic heterocycles. The molecule has 1 aromatic heterocycles. The first-order valence-electron chi connectivity index (χ1n) is 5.27. The van der Waals surface area contributed by atoms with Crippen molar-refractivity contribution in [2.75, 3.05) is 0 Å². The van der Waals surface area contributed by atoms with Crippen LogP contribution in [0.25, 0.3) is 0 Å². The Morgan fingerprint density at radius 3 is 2.78 bits per heavy atom. The number of carbonyl (C=O) groups is 1. The van der Waals surface area contributed by atoms with Gasteiger partial charge >= 0.3 is 0 Å². The van der Waals surface area contributed by atoms with Crippen molar-refractivity contribution in [2.24, 2.45) is 15.9 Å². The third-order valence-corrected chi connectivity index (χ3v) is 2.40. The van der Waals surface area contributed by atoms with E-state index in [4.69, 9.17) is 5.73 Å². The Bertz CT molecular complexity index is 650. The van der Waals surface area contributed by atoms with Gasteiger partial charge in [0, 0.05) is 12.3 Å². The number of hydrogen-bond donors (Lipinski definition) is 2. The van der Waals surface area contributed by atoms with Gasteiger partial charge in [0.1, 0.15) is 5.71 Å². The monoisotopic (exact) mass is 244 g/mol. The summed E-state index contributed by atoms with van der Waals surface area (Å²) in [5, 5.41) is 17.2. The summed E-state index contributed by atoms with van der Waals surface area (Å²) in [5.41, 5.74) is 7.14. The van der Waals surface area contributed by atoms with Gasteiger partial charge in [-0.1, -0.05) is 6.07 Å². The van der Waals surface area contributed by atoms with Crippen LogP contribution < -0.4 is 11.2 Å². The summed E-state index contributed by atoms with van der Waals surface area (Å²) < 4.78 is 0.842. The van der Waals surface area contributed by atoms with Crippen molar-refractivity contribution < 1.29 is 10.0 Å². The molecule has 0 saturated heterocycles. The van der Waals surface area contributed by atoms with Crippen LogP contribution in [-0.4, -0.2) is 21.4 Å². The predicted octanol–water partition coefficient (Wildman–Crippen LogP) is 0.354. The van der Waals surface area contributed by atoms with Crippen molar-refractivity contribution >= 4 is 11.5 Å². The summed E-state index contributed by atoms with van der Waals surface area (Å²) in [5.74, 6) is -0.136. The molecule has 1 aromatic rings. The fourth-order valence-corrected chi connectivity index (χ4v) is 1.38. The van der Waals surface area contributed by atoms with Crippen molar-refractivity contribution in [1.29, 1.82) is 0 Å². The molecular weight excluding hydrogens is 232 g/mol. The van der Waals surface area contributed by atoms with Crippen LogP contribution in [0, 0.1) is 0 Å². The third-order valence-electron chi connectivity index (χ3n) is 2.40. The molecule has 6 nitrogen and oxygen atoms in total. The highest BCUT2D eigenvalue weighted by molar-refractivity contribution is 6.21. The molecule has 1 aliphatic carbocycles. The Balaban J connectivity index is 2.42. The van der Waals surface area contributed by atoms with Crippen LogP contribution in [0.3, 0.4) is 0 Å². The van der Waals surface area contributed by atoms with Gasteiger partial charge in [0.15, 0.2) is 11.3 Å². The molecule has 0 spiro atoms. The Labute approximate surface area is 103 Å². The topological polar surface area (TPSA) is 93.0 Å². The van der Waals surface area contributed by atoms with E-state index in [0.717, 1.165) is 4.73 Å². The standard InChI is InChI=1S/C12H12N4O2/c1-8-6-10(9(13)7-11(8)17)14-15-12-4-2-3-5-16(12)18/h2-7,18H,13H2,1H3. The van der Waals surface area contributed by atoms with Crippen LogP contribution >= 0.6 is 0 Å². The lowest BCUT2D eigenvalue weighted by atomic mass is 10.0. The van der Waals surface area contributed by atoms with E-state index in [1.807, 2.05) is 0 Å². The van der Waals surface area contributed by atoms with Gasteiger partial charge in [-0.3, -0.25) is 4.79 Å². The highest BCUT2D eigenvalue weighted by Gasteiger charge is 2.13. The Morgan fingerprint density at radius 1 is 1.28 bits per heavy atom. The number of rotatable bonds is 1. The maximum Gasteiger partial charge on any atom is 0.189 e. The summed E-state index contributed by atoms with van der Waals surface area (Å²) in [4.78, 5) is 11.3. The average molecular weight is 244 g/mol. The van der Waals surface area contributed by atoms with E-state index in [1.165, 1.54) is 12.3 Å². The van der Waals surface area contributed by atoms with E-state index in [2.05, 4.69) is 10.2 Å². The lowest BCUT2D eigenvalue weighted by Gasteiger charge is -2.07.